The molecular weight excluding hydrogens is 380 g/mol. The molecule has 29 heavy (non-hydrogen) atoms. The molecule has 1 aromatic heterocycles. The molecule has 3 aromatic rings. The van der Waals surface area contributed by atoms with Gasteiger partial charge >= 0.3 is 0 Å². The third kappa shape index (κ3) is 3.87. The number of benzene rings is 2. The van der Waals surface area contributed by atoms with Gasteiger partial charge in [0.05, 0.1) is 5.57 Å². The first-order valence-electron chi connectivity index (χ1n) is 9.64. The molecule has 0 amide bonds. The van der Waals surface area contributed by atoms with E-state index in [-0.39, 0.29) is 12.1 Å². The van der Waals surface area contributed by atoms with E-state index in [4.69, 9.17) is 19.5 Å². The lowest BCUT2D eigenvalue weighted by Gasteiger charge is -2.06. The van der Waals surface area contributed by atoms with E-state index in [1.165, 1.54) is 0 Å². The molecule has 0 N–H and O–H groups in total. The zero-order chi connectivity index (χ0) is 19.5. The SMILES string of the molecule is C(=C(C1=N[C@@H](c2ccccc2)CO1)C1=N[C@@H](c2ccccc2)CO1)c1cccs1. The Balaban J connectivity index is 1.49. The Morgan fingerprint density at radius 1 is 0.759 bits per heavy atom. The van der Waals surface area contributed by atoms with E-state index < -0.39 is 0 Å². The van der Waals surface area contributed by atoms with E-state index in [0.717, 1.165) is 21.6 Å². The van der Waals surface area contributed by atoms with Crippen molar-refractivity contribution in [3.05, 3.63) is 99.8 Å². The van der Waals surface area contributed by atoms with E-state index in [1.54, 1.807) is 11.3 Å². The van der Waals surface area contributed by atoms with Crippen LogP contribution in [0.2, 0.25) is 0 Å². The number of nitrogens with zero attached hydrogens (tertiary/aromatic N) is 2. The van der Waals surface area contributed by atoms with Crippen molar-refractivity contribution >= 4 is 29.2 Å². The van der Waals surface area contributed by atoms with Gasteiger partial charge in [0.1, 0.15) is 25.3 Å². The highest BCUT2D eigenvalue weighted by atomic mass is 32.1. The lowest BCUT2D eigenvalue weighted by Crippen LogP contribution is -2.13. The molecule has 0 aliphatic carbocycles. The first kappa shape index (κ1) is 17.9. The average molecular weight is 401 g/mol. The largest absolute Gasteiger partial charge is 0.475 e. The van der Waals surface area contributed by atoms with Crippen LogP contribution in [0.25, 0.3) is 6.08 Å². The Morgan fingerprint density at radius 3 is 1.79 bits per heavy atom. The first-order chi connectivity index (χ1) is 14.4. The summed E-state index contributed by atoms with van der Waals surface area (Å²) in [6.07, 6.45) is 2.06. The van der Waals surface area contributed by atoms with Crippen molar-refractivity contribution in [2.45, 2.75) is 12.1 Å². The summed E-state index contributed by atoms with van der Waals surface area (Å²) in [4.78, 5) is 10.8. The van der Waals surface area contributed by atoms with Crippen LogP contribution in [0.5, 0.6) is 0 Å². The van der Waals surface area contributed by atoms with E-state index in [1.807, 2.05) is 42.5 Å². The van der Waals surface area contributed by atoms with Gasteiger partial charge in [0, 0.05) is 4.88 Å². The van der Waals surface area contributed by atoms with Gasteiger partial charge in [-0.05, 0) is 28.6 Å². The molecule has 3 heterocycles. The van der Waals surface area contributed by atoms with Crippen LogP contribution in [-0.4, -0.2) is 25.0 Å². The smallest absolute Gasteiger partial charge is 0.222 e. The van der Waals surface area contributed by atoms with Gasteiger partial charge in [-0.3, -0.25) is 0 Å². The van der Waals surface area contributed by atoms with Gasteiger partial charge in [0.2, 0.25) is 11.8 Å². The van der Waals surface area contributed by atoms with Crippen LogP contribution in [0, 0.1) is 0 Å². The monoisotopic (exact) mass is 400 g/mol. The molecule has 0 radical (unpaired) electrons. The molecule has 144 valence electrons. The molecule has 0 spiro atoms. The summed E-state index contributed by atoms with van der Waals surface area (Å²) >= 11 is 1.67. The maximum Gasteiger partial charge on any atom is 0.222 e. The summed E-state index contributed by atoms with van der Waals surface area (Å²) in [5.41, 5.74) is 3.10. The Labute approximate surface area is 173 Å². The van der Waals surface area contributed by atoms with Crippen LogP contribution in [-0.2, 0) is 9.47 Å². The molecule has 5 heteroatoms. The predicted octanol–water partition coefficient (Wildman–Crippen LogP) is 5.47. The van der Waals surface area contributed by atoms with Gasteiger partial charge in [-0.25, -0.2) is 9.98 Å². The standard InChI is InChI=1S/C24H20N2O2S/c1-3-8-17(9-4-1)21-15-27-23(25-21)20(14-19-12-7-13-29-19)24-26-22(16-28-24)18-10-5-2-6-11-18/h1-14,21-22H,15-16H2/t21-,22-/m1/s1. The predicted molar refractivity (Wildman–Crippen MR) is 117 cm³/mol. The lowest BCUT2D eigenvalue weighted by molar-refractivity contribution is 0.310. The number of thiophene rings is 1. The van der Waals surface area contributed by atoms with Crippen molar-refractivity contribution in [1.82, 2.24) is 0 Å². The Hall–Kier alpha value is -3.18. The molecule has 2 aliphatic heterocycles. The number of hydrogen-bond donors (Lipinski definition) is 0. The number of ether oxygens (including phenoxy) is 2. The summed E-state index contributed by atoms with van der Waals surface area (Å²) in [6, 6.07) is 24.5. The first-order valence-corrected chi connectivity index (χ1v) is 10.5. The van der Waals surface area contributed by atoms with Gasteiger partial charge in [0.15, 0.2) is 0 Å². The van der Waals surface area contributed by atoms with Crippen LogP contribution in [0.4, 0.5) is 0 Å². The number of rotatable bonds is 5. The molecule has 4 nitrogen and oxygen atoms in total. The molecular formula is C24H20N2O2S. The van der Waals surface area contributed by atoms with Gasteiger partial charge < -0.3 is 9.47 Å². The van der Waals surface area contributed by atoms with Crippen LogP contribution in [0.15, 0.2) is 93.7 Å². The molecule has 2 aliphatic rings. The zero-order valence-corrected chi connectivity index (χ0v) is 16.6. The van der Waals surface area contributed by atoms with Crippen molar-refractivity contribution in [3.8, 4) is 0 Å². The Bertz CT molecular complexity index is 989. The topological polar surface area (TPSA) is 43.2 Å². The van der Waals surface area contributed by atoms with E-state index in [2.05, 4.69) is 41.8 Å². The fraction of sp³-hybridized carbons (Fsp3) is 0.167. The molecule has 0 unspecified atom stereocenters. The maximum absolute atomic E-state index is 6.01. The van der Waals surface area contributed by atoms with Crippen LogP contribution >= 0.6 is 11.3 Å². The number of aliphatic imine (C=N–C) groups is 2. The third-order valence-corrected chi connectivity index (χ3v) is 5.78. The summed E-state index contributed by atoms with van der Waals surface area (Å²) < 4.78 is 12.0. The Morgan fingerprint density at radius 2 is 1.31 bits per heavy atom. The summed E-state index contributed by atoms with van der Waals surface area (Å²) in [7, 11) is 0. The van der Waals surface area contributed by atoms with Crippen molar-refractivity contribution in [3.63, 3.8) is 0 Å². The number of hydrogen-bond acceptors (Lipinski definition) is 5. The summed E-state index contributed by atoms with van der Waals surface area (Å²) in [5.74, 6) is 1.19. The van der Waals surface area contributed by atoms with Crippen LogP contribution in [0.3, 0.4) is 0 Å². The van der Waals surface area contributed by atoms with E-state index in [0.29, 0.717) is 25.0 Å². The summed E-state index contributed by atoms with van der Waals surface area (Å²) in [6.45, 7) is 1.05. The van der Waals surface area contributed by atoms with Crippen molar-refractivity contribution in [2.24, 2.45) is 9.98 Å². The average Bonchev–Trinajstić information content (AvgIpc) is 3.55. The Kier molecular flexibility index (Phi) is 4.97. The molecule has 2 aromatic carbocycles. The van der Waals surface area contributed by atoms with Gasteiger partial charge in [-0.2, -0.15) is 0 Å². The minimum atomic E-state index is -0.00939. The highest BCUT2D eigenvalue weighted by Crippen LogP contribution is 2.30. The van der Waals surface area contributed by atoms with Gasteiger partial charge in [-0.1, -0.05) is 66.7 Å². The lowest BCUT2D eigenvalue weighted by atomic mass is 10.1. The third-order valence-electron chi connectivity index (χ3n) is 4.96. The fourth-order valence-electron chi connectivity index (χ4n) is 3.46. The maximum atomic E-state index is 6.01. The molecule has 2 atom stereocenters. The minimum Gasteiger partial charge on any atom is -0.475 e. The van der Waals surface area contributed by atoms with E-state index >= 15 is 0 Å². The second-order valence-corrected chi connectivity index (χ2v) is 7.90. The van der Waals surface area contributed by atoms with Gasteiger partial charge in [0.25, 0.3) is 0 Å². The van der Waals surface area contributed by atoms with Gasteiger partial charge in [-0.15, -0.1) is 11.3 Å². The van der Waals surface area contributed by atoms with Crippen molar-refractivity contribution in [2.75, 3.05) is 13.2 Å². The summed E-state index contributed by atoms with van der Waals surface area (Å²) in [5, 5.41) is 2.05. The van der Waals surface area contributed by atoms with E-state index in [9.17, 15) is 0 Å². The second kappa shape index (κ2) is 8.05. The zero-order valence-electron chi connectivity index (χ0n) is 15.8. The molecule has 0 saturated heterocycles. The fourth-order valence-corrected chi connectivity index (χ4v) is 4.12. The van der Waals surface area contributed by atoms with Crippen LogP contribution in [0.1, 0.15) is 28.1 Å². The minimum absolute atomic E-state index is 0.00939. The highest BCUT2D eigenvalue weighted by Gasteiger charge is 2.30. The molecule has 0 saturated carbocycles. The second-order valence-electron chi connectivity index (χ2n) is 6.92. The molecule has 5 rings (SSSR count). The van der Waals surface area contributed by atoms with Crippen LogP contribution < -0.4 is 0 Å². The highest BCUT2D eigenvalue weighted by molar-refractivity contribution is 7.10. The van der Waals surface area contributed by atoms with Crippen molar-refractivity contribution < 1.29 is 9.47 Å². The quantitative estimate of drug-likeness (QED) is 0.570. The molecule has 0 fully saturated rings. The normalized spacial score (nSPS) is 20.4. The molecule has 0 bridgehead atoms. The van der Waals surface area contributed by atoms with Crippen molar-refractivity contribution in [1.29, 1.82) is 0 Å².